The van der Waals surface area contributed by atoms with Crippen molar-refractivity contribution in [1.29, 1.82) is 0 Å². The van der Waals surface area contributed by atoms with Crippen molar-refractivity contribution in [3.8, 4) is 0 Å². The van der Waals surface area contributed by atoms with Gasteiger partial charge in [0, 0.05) is 18.8 Å². The summed E-state index contributed by atoms with van der Waals surface area (Å²) >= 11 is 0. The molecule has 0 saturated carbocycles. The van der Waals surface area contributed by atoms with E-state index in [0.717, 1.165) is 17.8 Å². The van der Waals surface area contributed by atoms with Gasteiger partial charge in [0.25, 0.3) is 0 Å². The van der Waals surface area contributed by atoms with E-state index < -0.39 is 5.41 Å². The van der Waals surface area contributed by atoms with Gasteiger partial charge in [-0.1, -0.05) is 24.3 Å². The standard InChI is InChI=1S/C13H14N2O/c1-9-4-2-5-10-11(9)13(12(16)15-10)6-3-7-14-8-13/h2-6,14H,7-8H2,1H3,(H,15,16)/t13-/m1/s1. The van der Waals surface area contributed by atoms with Crippen molar-refractivity contribution < 1.29 is 4.79 Å². The summed E-state index contributed by atoms with van der Waals surface area (Å²) in [4.78, 5) is 12.2. The largest absolute Gasteiger partial charge is 0.325 e. The molecule has 3 rings (SSSR count). The lowest BCUT2D eigenvalue weighted by Gasteiger charge is -2.28. The summed E-state index contributed by atoms with van der Waals surface area (Å²) in [7, 11) is 0. The van der Waals surface area contributed by atoms with Gasteiger partial charge in [-0.05, 0) is 24.1 Å². The number of anilines is 1. The van der Waals surface area contributed by atoms with E-state index in [2.05, 4.69) is 23.6 Å². The van der Waals surface area contributed by atoms with Crippen LogP contribution in [-0.4, -0.2) is 19.0 Å². The van der Waals surface area contributed by atoms with Gasteiger partial charge in [-0.15, -0.1) is 0 Å². The first-order chi connectivity index (χ1) is 7.74. The van der Waals surface area contributed by atoms with Crippen LogP contribution in [0.5, 0.6) is 0 Å². The monoisotopic (exact) mass is 214 g/mol. The molecule has 1 aromatic rings. The van der Waals surface area contributed by atoms with Gasteiger partial charge < -0.3 is 10.6 Å². The summed E-state index contributed by atoms with van der Waals surface area (Å²) in [6.45, 7) is 3.59. The first-order valence-electron chi connectivity index (χ1n) is 5.54. The van der Waals surface area contributed by atoms with Crippen LogP contribution in [0, 0.1) is 6.92 Å². The Morgan fingerprint density at radius 1 is 1.38 bits per heavy atom. The van der Waals surface area contributed by atoms with E-state index in [1.807, 2.05) is 24.3 Å². The fourth-order valence-electron chi connectivity index (χ4n) is 2.71. The number of amides is 1. The highest BCUT2D eigenvalue weighted by Crippen LogP contribution is 2.41. The van der Waals surface area contributed by atoms with Crippen molar-refractivity contribution in [3.05, 3.63) is 41.5 Å². The van der Waals surface area contributed by atoms with Crippen LogP contribution in [0.2, 0.25) is 0 Å². The second kappa shape index (κ2) is 3.19. The topological polar surface area (TPSA) is 41.1 Å². The highest BCUT2D eigenvalue weighted by molar-refractivity contribution is 6.08. The summed E-state index contributed by atoms with van der Waals surface area (Å²) in [5.41, 5.74) is 2.77. The lowest BCUT2D eigenvalue weighted by atomic mass is 9.78. The van der Waals surface area contributed by atoms with Crippen molar-refractivity contribution in [2.24, 2.45) is 0 Å². The van der Waals surface area contributed by atoms with Crippen molar-refractivity contribution in [2.45, 2.75) is 12.3 Å². The maximum atomic E-state index is 12.2. The highest BCUT2D eigenvalue weighted by atomic mass is 16.2. The summed E-state index contributed by atoms with van der Waals surface area (Å²) in [5, 5.41) is 6.24. The summed E-state index contributed by atoms with van der Waals surface area (Å²) in [6.07, 6.45) is 4.07. The normalized spacial score (nSPS) is 26.9. The molecule has 2 N–H and O–H groups in total. The Bertz CT molecular complexity index is 493. The summed E-state index contributed by atoms with van der Waals surface area (Å²) < 4.78 is 0. The minimum absolute atomic E-state index is 0.0836. The molecular weight excluding hydrogens is 200 g/mol. The Labute approximate surface area is 94.5 Å². The van der Waals surface area contributed by atoms with Crippen molar-refractivity contribution in [3.63, 3.8) is 0 Å². The van der Waals surface area contributed by atoms with E-state index in [1.165, 1.54) is 5.56 Å². The minimum atomic E-state index is -0.487. The molecule has 1 amide bonds. The molecule has 2 aliphatic rings. The fraction of sp³-hybridized carbons (Fsp3) is 0.308. The number of benzene rings is 1. The van der Waals surface area contributed by atoms with Crippen LogP contribution >= 0.6 is 0 Å². The van der Waals surface area contributed by atoms with E-state index in [9.17, 15) is 4.79 Å². The molecule has 0 aliphatic carbocycles. The SMILES string of the molecule is Cc1cccc2c1[C@]1(C=CCNC1)C(=O)N2. The Morgan fingerprint density at radius 3 is 3.00 bits per heavy atom. The average Bonchev–Trinajstić information content (AvgIpc) is 2.55. The van der Waals surface area contributed by atoms with E-state index >= 15 is 0 Å². The lowest BCUT2D eigenvalue weighted by molar-refractivity contribution is -0.119. The average molecular weight is 214 g/mol. The van der Waals surface area contributed by atoms with Crippen LogP contribution in [0.4, 0.5) is 5.69 Å². The maximum Gasteiger partial charge on any atom is 0.240 e. The molecule has 2 heterocycles. The number of hydrogen-bond donors (Lipinski definition) is 2. The zero-order valence-electron chi connectivity index (χ0n) is 9.21. The third-order valence-corrected chi connectivity index (χ3v) is 3.44. The molecule has 0 aromatic heterocycles. The van der Waals surface area contributed by atoms with Gasteiger partial charge >= 0.3 is 0 Å². The second-order valence-electron chi connectivity index (χ2n) is 4.46. The van der Waals surface area contributed by atoms with Crippen LogP contribution < -0.4 is 10.6 Å². The number of carbonyl (C=O) groups excluding carboxylic acids is 1. The first-order valence-corrected chi connectivity index (χ1v) is 5.54. The van der Waals surface area contributed by atoms with E-state index in [1.54, 1.807) is 0 Å². The number of nitrogens with one attached hydrogen (secondary N) is 2. The molecule has 1 atom stereocenters. The Kier molecular flexibility index (Phi) is 1.91. The lowest BCUT2D eigenvalue weighted by Crippen LogP contribution is -2.45. The minimum Gasteiger partial charge on any atom is -0.325 e. The molecule has 2 aliphatic heterocycles. The molecule has 0 saturated heterocycles. The van der Waals surface area contributed by atoms with Gasteiger partial charge in [0.2, 0.25) is 5.91 Å². The van der Waals surface area contributed by atoms with Crippen LogP contribution in [0.15, 0.2) is 30.4 Å². The quantitative estimate of drug-likeness (QED) is 0.640. The van der Waals surface area contributed by atoms with E-state index in [-0.39, 0.29) is 5.91 Å². The first kappa shape index (κ1) is 9.60. The third-order valence-electron chi connectivity index (χ3n) is 3.44. The molecule has 1 spiro atoms. The maximum absolute atomic E-state index is 12.2. The van der Waals surface area contributed by atoms with Crippen LogP contribution in [0.1, 0.15) is 11.1 Å². The van der Waals surface area contributed by atoms with Gasteiger partial charge in [0.1, 0.15) is 5.41 Å². The molecule has 3 heteroatoms. The smallest absolute Gasteiger partial charge is 0.240 e. The van der Waals surface area contributed by atoms with Crippen molar-refractivity contribution >= 4 is 11.6 Å². The molecular formula is C13H14N2O. The van der Waals surface area contributed by atoms with Gasteiger partial charge in [0.05, 0.1) is 0 Å². The zero-order valence-corrected chi connectivity index (χ0v) is 9.21. The van der Waals surface area contributed by atoms with E-state index in [0.29, 0.717) is 6.54 Å². The number of fused-ring (bicyclic) bond motifs is 2. The van der Waals surface area contributed by atoms with Gasteiger partial charge in [-0.2, -0.15) is 0 Å². The van der Waals surface area contributed by atoms with Crippen LogP contribution in [0.25, 0.3) is 0 Å². The van der Waals surface area contributed by atoms with Crippen molar-refractivity contribution in [1.82, 2.24) is 5.32 Å². The van der Waals surface area contributed by atoms with E-state index in [4.69, 9.17) is 0 Å². The summed E-state index contributed by atoms with van der Waals surface area (Å²) in [5.74, 6) is 0.0836. The Hall–Kier alpha value is -1.61. The highest BCUT2D eigenvalue weighted by Gasteiger charge is 2.46. The number of hydrogen-bond acceptors (Lipinski definition) is 2. The molecule has 3 nitrogen and oxygen atoms in total. The number of rotatable bonds is 0. The molecule has 1 aromatic carbocycles. The van der Waals surface area contributed by atoms with Crippen LogP contribution in [0.3, 0.4) is 0 Å². The van der Waals surface area contributed by atoms with Gasteiger partial charge in [-0.25, -0.2) is 0 Å². The number of carbonyl (C=O) groups is 1. The predicted octanol–water partition coefficient (Wildman–Crippen LogP) is 1.34. The Morgan fingerprint density at radius 2 is 2.25 bits per heavy atom. The van der Waals surface area contributed by atoms with Crippen molar-refractivity contribution in [2.75, 3.05) is 18.4 Å². The molecule has 0 bridgehead atoms. The second-order valence-corrected chi connectivity index (χ2v) is 4.46. The molecule has 16 heavy (non-hydrogen) atoms. The molecule has 0 fully saturated rings. The third kappa shape index (κ3) is 1.09. The van der Waals surface area contributed by atoms with Crippen LogP contribution in [-0.2, 0) is 10.2 Å². The van der Waals surface area contributed by atoms with Gasteiger partial charge in [-0.3, -0.25) is 4.79 Å². The fourth-order valence-corrected chi connectivity index (χ4v) is 2.71. The molecule has 82 valence electrons. The molecule has 0 unspecified atom stereocenters. The zero-order chi connectivity index (χ0) is 11.2. The molecule has 0 radical (unpaired) electrons. The predicted molar refractivity (Wildman–Crippen MR) is 63.5 cm³/mol. The van der Waals surface area contributed by atoms with Gasteiger partial charge in [0.15, 0.2) is 0 Å². The summed E-state index contributed by atoms with van der Waals surface area (Å²) in [6, 6.07) is 6.01. The Balaban J connectivity index is 2.25. The number of aryl methyl sites for hydroxylation is 1.